The number of hydrogen-bond acceptors (Lipinski definition) is 6. The summed E-state index contributed by atoms with van der Waals surface area (Å²) in [5.41, 5.74) is 1.51. The van der Waals surface area contributed by atoms with Gasteiger partial charge in [-0.25, -0.2) is 9.97 Å². The molecule has 0 bridgehead atoms. The molecule has 156 valence electrons. The Bertz CT molecular complexity index is 898. The van der Waals surface area contributed by atoms with Gasteiger partial charge in [0.25, 0.3) is 0 Å². The van der Waals surface area contributed by atoms with Gasteiger partial charge in [0.15, 0.2) is 0 Å². The van der Waals surface area contributed by atoms with Crippen molar-refractivity contribution >= 4 is 33.3 Å². The molecule has 1 aliphatic carbocycles. The lowest BCUT2D eigenvalue weighted by molar-refractivity contribution is -0.136. The number of fused-ring (bicyclic) bond motifs is 3. The Balaban J connectivity index is 1.30. The number of aromatic nitrogens is 2. The van der Waals surface area contributed by atoms with E-state index in [1.807, 2.05) is 23.2 Å². The fourth-order valence-electron chi connectivity index (χ4n) is 5.01. The summed E-state index contributed by atoms with van der Waals surface area (Å²) in [5.74, 6) is 2.80. The summed E-state index contributed by atoms with van der Waals surface area (Å²) in [6.07, 6.45) is 7.74. The van der Waals surface area contributed by atoms with Crippen molar-refractivity contribution in [2.24, 2.45) is 5.92 Å². The molecule has 0 atom stereocenters. The molecule has 4 heterocycles. The molecule has 2 aromatic rings. The highest BCUT2D eigenvalue weighted by Crippen LogP contribution is 2.40. The van der Waals surface area contributed by atoms with Crippen molar-refractivity contribution in [3.63, 3.8) is 0 Å². The van der Waals surface area contributed by atoms with Crippen LogP contribution in [0.5, 0.6) is 0 Å². The zero-order valence-electron chi connectivity index (χ0n) is 17.3. The number of carbonyl (C=O) groups excluding carboxylic acids is 1. The second-order valence-corrected chi connectivity index (χ2v) is 9.70. The van der Waals surface area contributed by atoms with Gasteiger partial charge < -0.3 is 14.5 Å². The van der Waals surface area contributed by atoms with Gasteiger partial charge >= 0.3 is 0 Å². The molecule has 1 amide bonds. The topological polar surface area (TPSA) is 58.6 Å². The number of carbonyl (C=O) groups is 1. The highest BCUT2D eigenvalue weighted by atomic mass is 32.1. The maximum Gasteiger partial charge on any atom is 0.223 e. The van der Waals surface area contributed by atoms with Crippen LogP contribution in [0, 0.1) is 12.8 Å². The Morgan fingerprint density at radius 2 is 1.86 bits per heavy atom. The zero-order chi connectivity index (χ0) is 19.8. The molecule has 2 fully saturated rings. The molecular weight excluding hydrogens is 384 g/mol. The standard InChI is InChI=1S/C22H30N4O2S/c1-15-23-21(20-17-4-2-3-5-18(17)29-22(20)24-15)26-8-6-16(7-9-26)14-19(27)25-10-12-28-13-11-25/h16H,2-14H2,1H3. The quantitative estimate of drug-likeness (QED) is 0.771. The molecule has 0 saturated carbocycles. The molecule has 0 spiro atoms. The van der Waals surface area contributed by atoms with E-state index in [1.165, 1.54) is 46.3 Å². The first-order chi connectivity index (χ1) is 14.2. The van der Waals surface area contributed by atoms with Gasteiger partial charge in [-0.2, -0.15) is 0 Å². The predicted molar refractivity (Wildman–Crippen MR) is 116 cm³/mol. The fraction of sp³-hybridized carbons (Fsp3) is 0.682. The molecule has 29 heavy (non-hydrogen) atoms. The van der Waals surface area contributed by atoms with Crippen LogP contribution < -0.4 is 4.90 Å². The highest BCUT2D eigenvalue weighted by molar-refractivity contribution is 7.19. The maximum absolute atomic E-state index is 12.6. The van der Waals surface area contributed by atoms with Crippen LogP contribution in [-0.4, -0.2) is 60.2 Å². The van der Waals surface area contributed by atoms with Crippen molar-refractivity contribution in [2.45, 2.75) is 51.9 Å². The average Bonchev–Trinajstić information content (AvgIpc) is 3.12. The number of anilines is 1. The number of hydrogen-bond donors (Lipinski definition) is 0. The Morgan fingerprint density at radius 1 is 1.10 bits per heavy atom. The molecule has 3 aliphatic rings. The summed E-state index contributed by atoms with van der Waals surface area (Å²) >= 11 is 1.88. The lowest BCUT2D eigenvalue weighted by Gasteiger charge is -2.34. The van der Waals surface area contributed by atoms with Crippen LogP contribution in [0.1, 0.15) is 48.4 Å². The van der Waals surface area contributed by atoms with E-state index in [0.29, 0.717) is 31.5 Å². The van der Waals surface area contributed by atoms with Crippen LogP contribution >= 0.6 is 11.3 Å². The Morgan fingerprint density at radius 3 is 2.66 bits per heavy atom. The van der Waals surface area contributed by atoms with Crippen molar-refractivity contribution in [3.8, 4) is 0 Å². The molecule has 0 radical (unpaired) electrons. The normalized spacial score (nSPS) is 20.9. The molecule has 6 nitrogen and oxygen atoms in total. The summed E-state index contributed by atoms with van der Waals surface area (Å²) in [6, 6.07) is 0. The third kappa shape index (κ3) is 3.87. The number of morpholine rings is 1. The highest BCUT2D eigenvalue weighted by Gasteiger charge is 2.28. The predicted octanol–water partition coefficient (Wildman–Crippen LogP) is 3.34. The number of amides is 1. The van der Waals surface area contributed by atoms with E-state index >= 15 is 0 Å². The van der Waals surface area contributed by atoms with E-state index < -0.39 is 0 Å². The second kappa shape index (κ2) is 8.19. The van der Waals surface area contributed by atoms with Crippen molar-refractivity contribution < 1.29 is 9.53 Å². The van der Waals surface area contributed by atoms with Crippen LogP contribution in [0.4, 0.5) is 5.82 Å². The summed E-state index contributed by atoms with van der Waals surface area (Å²) in [4.78, 5) is 29.4. The number of rotatable bonds is 3. The molecule has 0 unspecified atom stereocenters. The fourth-order valence-corrected chi connectivity index (χ4v) is 6.31. The number of ether oxygens (including phenoxy) is 1. The molecule has 2 aliphatic heterocycles. The lowest BCUT2D eigenvalue weighted by atomic mass is 9.92. The van der Waals surface area contributed by atoms with Gasteiger partial charge in [-0.3, -0.25) is 4.79 Å². The van der Waals surface area contributed by atoms with Gasteiger partial charge in [-0.05, 0) is 56.9 Å². The summed E-state index contributed by atoms with van der Waals surface area (Å²) in [5, 5.41) is 1.32. The first-order valence-corrected chi connectivity index (χ1v) is 11.9. The molecule has 2 aromatic heterocycles. The summed E-state index contributed by atoms with van der Waals surface area (Å²) in [6.45, 7) is 6.83. The zero-order valence-corrected chi connectivity index (χ0v) is 18.1. The Labute approximate surface area is 176 Å². The largest absolute Gasteiger partial charge is 0.378 e. The van der Waals surface area contributed by atoms with E-state index in [2.05, 4.69) is 4.90 Å². The van der Waals surface area contributed by atoms with Crippen molar-refractivity contribution in [1.29, 1.82) is 0 Å². The van der Waals surface area contributed by atoms with Crippen molar-refractivity contribution in [3.05, 3.63) is 16.3 Å². The number of nitrogens with zero attached hydrogens (tertiary/aromatic N) is 4. The number of thiophene rings is 1. The van der Waals surface area contributed by atoms with Crippen LogP contribution in [0.15, 0.2) is 0 Å². The van der Waals surface area contributed by atoms with Gasteiger partial charge in [0, 0.05) is 37.5 Å². The van der Waals surface area contributed by atoms with Gasteiger partial charge in [0.1, 0.15) is 16.5 Å². The van der Waals surface area contributed by atoms with Gasteiger partial charge in [-0.1, -0.05) is 0 Å². The Hall–Kier alpha value is -1.73. The monoisotopic (exact) mass is 414 g/mol. The average molecular weight is 415 g/mol. The van der Waals surface area contributed by atoms with Crippen LogP contribution in [0.3, 0.4) is 0 Å². The van der Waals surface area contributed by atoms with Gasteiger partial charge in [0.2, 0.25) is 5.91 Å². The molecule has 7 heteroatoms. The van der Waals surface area contributed by atoms with Crippen LogP contribution in [-0.2, 0) is 22.4 Å². The molecule has 0 aromatic carbocycles. The van der Waals surface area contributed by atoms with Gasteiger partial charge in [0.05, 0.1) is 18.6 Å². The smallest absolute Gasteiger partial charge is 0.223 e. The van der Waals surface area contributed by atoms with Crippen molar-refractivity contribution in [2.75, 3.05) is 44.3 Å². The van der Waals surface area contributed by atoms with E-state index in [9.17, 15) is 4.79 Å². The third-order valence-electron chi connectivity index (χ3n) is 6.65. The van der Waals surface area contributed by atoms with Crippen molar-refractivity contribution in [1.82, 2.24) is 14.9 Å². The van der Waals surface area contributed by atoms with E-state index in [0.717, 1.165) is 50.7 Å². The summed E-state index contributed by atoms with van der Waals surface area (Å²) in [7, 11) is 0. The molecular formula is C22H30N4O2S. The Kier molecular flexibility index (Phi) is 5.43. The van der Waals surface area contributed by atoms with E-state index in [-0.39, 0.29) is 0 Å². The minimum atomic E-state index is 0.305. The molecule has 0 N–H and O–H groups in total. The van der Waals surface area contributed by atoms with Gasteiger partial charge in [-0.15, -0.1) is 11.3 Å². The first kappa shape index (κ1) is 19.2. The summed E-state index contributed by atoms with van der Waals surface area (Å²) < 4.78 is 5.37. The molecule has 5 rings (SSSR count). The second-order valence-electron chi connectivity index (χ2n) is 8.61. The lowest BCUT2D eigenvalue weighted by Crippen LogP contribution is -2.42. The van der Waals surface area contributed by atoms with E-state index in [1.54, 1.807) is 0 Å². The third-order valence-corrected chi connectivity index (χ3v) is 7.83. The number of piperidine rings is 1. The first-order valence-electron chi connectivity index (χ1n) is 11.1. The SMILES string of the molecule is Cc1nc(N2CCC(CC(=O)N3CCOCC3)CC2)c2c3c(sc2n1)CCCC3. The minimum Gasteiger partial charge on any atom is -0.378 e. The minimum absolute atomic E-state index is 0.305. The maximum atomic E-state index is 12.6. The van der Waals surface area contributed by atoms with E-state index in [4.69, 9.17) is 14.7 Å². The van der Waals surface area contributed by atoms with Crippen LogP contribution in [0.25, 0.3) is 10.2 Å². The number of aryl methyl sites for hydroxylation is 3. The molecule has 2 saturated heterocycles. The van der Waals surface area contributed by atoms with Crippen LogP contribution in [0.2, 0.25) is 0 Å².